The molecule has 1 unspecified atom stereocenters. The number of carboxylic acids is 1. The number of nitrogens with zero attached hydrogens (tertiary/aromatic N) is 4. The molecule has 5 aromatic rings. The molecule has 1 saturated heterocycles. The van der Waals surface area contributed by atoms with E-state index in [1.54, 1.807) is 123 Å². The van der Waals surface area contributed by atoms with Crippen LogP contribution in [0.5, 0.6) is 0 Å². The molecule has 33 nitrogen and oxygen atoms in total. The molecule has 12 amide bonds. The van der Waals surface area contributed by atoms with E-state index in [4.69, 9.17) is 22.3 Å². The molecule has 19 N–H and O–H groups in total. The molecular formula is C70H94N18O15S. The van der Waals surface area contributed by atoms with Gasteiger partial charge in [0.25, 0.3) is 5.91 Å². The molecule has 1 fully saturated rings. The quantitative estimate of drug-likeness (QED) is 0.0282. The number of aliphatic carboxylic acids is 1. The summed E-state index contributed by atoms with van der Waals surface area (Å²) in [5.74, 6) is -10.6. The third-order valence-corrected chi connectivity index (χ3v) is 17.5. The van der Waals surface area contributed by atoms with Crippen LogP contribution in [-0.2, 0) is 59.2 Å². The van der Waals surface area contributed by atoms with Crippen LogP contribution in [0.3, 0.4) is 0 Å². The molecule has 6 rings (SSSR count). The number of pyridine rings is 1. The van der Waals surface area contributed by atoms with E-state index in [1.165, 1.54) is 25.7 Å². The molecular weight excluding hydrogens is 1360 g/mol. The summed E-state index contributed by atoms with van der Waals surface area (Å²) in [5.41, 5.74) is 19.9. The average Bonchev–Trinajstić information content (AvgIpc) is 1.62. The zero-order valence-electron chi connectivity index (χ0n) is 58.6. The smallest absolute Gasteiger partial charge is 0.345 e. The van der Waals surface area contributed by atoms with Gasteiger partial charge in [0.2, 0.25) is 59.1 Å². The van der Waals surface area contributed by atoms with Crippen molar-refractivity contribution in [2.75, 3.05) is 52.9 Å². The Bertz CT molecular complexity index is 3860. The molecule has 3 heterocycles. The van der Waals surface area contributed by atoms with Crippen LogP contribution >= 0.6 is 11.8 Å². The molecule has 3 aromatic carbocycles. The van der Waals surface area contributed by atoms with Gasteiger partial charge in [-0.15, -0.1) is 0 Å². The lowest BCUT2D eigenvalue weighted by atomic mass is 10.00. The standard InChI is InChI=1S/C70H94N18O15S/c1-40(2)37-54-67(100)82-50(24-29-71)63(96)81-52(26-31-73)66(99)85-60(41(3)89)69(102)76-33-27-53(65(98)80-51(25-30-72)64(97)84-55(68(101)83-54)38-43-13-7-6-8-14-43)79-58(91)28-35-87(36-34-77-62(95)49(78-42(4)90)22-23-59(92)93)70(103)88-56-39-45(104-57-17-10-9-16-47(57)61(94)74-5)19-20-46(56)48(86-88)21-18-44-15-11-12-32-75-44/h6-21,32,39-41,49-55,60,89H,22-31,33-38,71-73H2,1-5H3,(H,74,94)(H,76,102)(H,77,95)(H,78,90)(H,79,91)(H,80,98)(H,81,96)(H,82,100)(H,83,101)(H,84,97)(H,85,99)(H,92,93)/b21-18+/t41-,49+,50+,51+,52+,53?,54+,55-,60+/m1/s1. The molecule has 0 aliphatic carbocycles. The Kier molecular flexibility index (Phi) is 32.8. The second-order valence-corrected chi connectivity index (χ2v) is 26.1. The summed E-state index contributed by atoms with van der Waals surface area (Å²) >= 11 is 1.23. The monoisotopic (exact) mass is 1460 g/mol. The van der Waals surface area contributed by atoms with Crippen LogP contribution in [0.25, 0.3) is 23.1 Å². The van der Waals surface area contributed by atoms with Crippen molar-refractivity contribution < 1.29 is 72.5 Å². The van der Waals surface area contributed by atoms with Crippen LogP contribution in [0, 0.1) is 5.92 Å². The average molecular weight is 1460 g/mol. The summed E-state index contributed by atoms with van der Waals surface area (Å²) in [6.07, 6.45) is 0.774. The van der Waals surface area contributed by atoms with Gasteiger partial charge in [0.1, 0.15) is 48.3 Å². The number of hydrogen-bond donors (Lipinski definition) is 16. The number of nitrogens with two attached hydrogens (primary N) is 3. The van der Waals surface area contributed by atoms with E-state index in [0.29, 0.717) is 37.7 Å². The van der Waals surface area contributed by atoms with Gasteiger partial charge in [0.15, 0.2) is 0 Å². The Morgan fingerprint density at radius 1 is 0.702 bits per heavy atom. The van der Waals surface area contributed by atoms with Crippen molar-refractivity contribution in [2.24, 2.45) is 23.1 Å². The minimum Gasteiger partial charge on any atom is -0.481 e. The lowest BCUT2D eigenvalue weighted by Crippen LogP contribution is -2.61. The fraction of sp³-hybridized carbons (Fsp3) is 0.443. The van der Waals surface area contributed by atoms with Crippen LogP contribution in [0.15, 0.2) is 107 Å². The second-order valence-electron chi connectivity index (χ2n) is 25.0. The van der Waals surface area contributed by atoms with Crippen molar-refractivity contribution in [2.45, 2.75) is 150 Å². The molecule has 9 atom stereocenters. The van der Waals surface area contributed by atoms with Crippen molar-refractivity contribution in [3.05, 3.63) is 120 Å². The Morgan fingerprint density at radius 3 is 1.90 bits per heavy atom. The first-order valence-corrected chi connectivity index (χ1v) is 34.9. The first-order valence-electron chi connectivity index (χ1n) is 34.1. The largest absolute Gasteiger partial charge is 0.481 e. The van der Waals surface area contributed by atoms with Crippen molar-refractivity contribution in [1.82, 2.24) is 78.1 Å². The van der Waals surface area contributed by atoms with Crippen molar-refractivity contribution >= 4 is 112 Å². The molecule has 0 radical (unpaired) electrons. The number of fused-ring (bicyclic) bond motifs is 1. The van der Waals surface area contributed by atoms with Gasteiger partial charge in [-0.25, -0.2) is 4.79 Å². The first kappa shape index (κ1) is 82.3. The first-order chi connectivity index (χ1) is 49.7. The zero-order valence-corrected chi connectivity index (χ0v) is 59.4. The van der Waals surface area contributed by atoms with Crippen LogP contribution in [0.1, 0.15) is 106 Å². The SMILES string of the molecule is CNC(=O)c1ccccc1Sc1ccc2c(/C=C/c3ccccn3)nn(C(=O)N(CCNC(=O)[C@H](CCC(=O)O)NC(C)=O)CCC(=O)NC3CCNC(=O)[C@H]([C@@H](C)O)NC(=O)[C@H](CCN)NC(=O)[C@H](CCN)NC(=O)[C@H](CC(C)C)NC(=O)[C@@H](Cc4ccccc4)NC(=O)[C@H](CCN)NC3=O)c2c1. The summed E-state index contributed by atoms with van der Waals surface area (Å²) in [6.45, 7) is 3.74. The van der Waals surface area contributed by atoms with Gasteiger partial charge in [-0.3, -0.25) is 62.5 Å². The number of hydrogen-bond acceptors (Lipinski definition) is 20. The summed E-state index contributed by atoms with van der Waals surface area (Å²) < 4.78 is 1.08. The highest BCUT2D eigenvalue weighted by atomic mass is 32.2. The van der Waals surface area contributed by atoms with E-state index < -0.39 is 158 Å². The molecule has 0 spiro atoms. The van der Waals surface area contributed by atoms with E-state index in [9.17, 15) is 67.7 Å². The van der Waals surface area contributed by atoms with Gasteiger partial charge in [-0.2, -0.15) is 9.78 Å². The minimum atomic E-state index is -1.71. The Labute approximate surface area is 605 Å². The Balaban J connectivity index is 1.40. The summed E-state index contributed by atoms with van der Waals surface area (Å²) in [4.78, 5) is 188. The van der Waals surface area contributed by atoms with Crippen molar-refractivity contribution in [3.63, 3.8) is 0 Å². The minimum absolute atomic E-state index is 0.0275. The number of benzene rings is 3. The number of rotatable bonds is 28. The normalized spacial score (nSPS) is 19.6. The second kappa shape index (κ2) is 41.4. The number of aliphatic hydroxyl groups is 1. The van der Waals surface area contributed by atoms with Gasteiger partial charge < -0.3 is 90.8 Å². The molecule has 560 valence electrons. The van der Waals surface area contributed by atoms with E-state index in [1.807, 2.05) is 0 Å². The van der Waals surface area contributed by atoms with Crippen LogP contribution in [0.4, 0.5) is 4.79 Å². The zero-order chi connectivity index (χ0) is 76.0. The maximum atomic E-state index is 15.4. The molecule has 104 heavy (non-hydrogen) atoms. The highest BCUT2D eigenvalue weighted by molar-refractivity contribution is 7.99. The van der Waals surface area contributed by atoms with Gasteiger partial charge in [0.05, 0.1) is 28.6 Å². The number of amides is 12. The van der Waals surface area contributed by atoms with Crippen molar-refractivity contribution in [3.8, 4) is 0 Å². The predicted molar refractivity (Wildman–Crippen MR) is 385 cm³/mol. The van der Waals surface area contributed by atoms with Crippen LogP contribution in [-0.4, -0.2) is 214 Å². The highest BCUT2D eigenvalue weighted by Gasteiger charge is 2.36. The topological polar surface area (TPSA) is 507 Å². The predicted octanol–water partition coefficient (Wildman–Crippen LogP) is -1.11. The number of carboxylic acid groups (broad SMARTS) is 1. The number of carbonyl (C=O) groups excluding carboxylic acids is 12. The summed E-state index contributed by atoms with van der Waals surface area (Å²) in [7, 11) is 1.50. The maximum absolute atomic E-state index is 15.4. The number of aliphatic hydroxyl groups excluding tert-OH is 1. The van der Waals surface area contributed by atoms with Gasteiger partial charge in [-0.05, 0) is 131 Å². The van der Waals surface area contributed by atoms with Gasteiger partial charge >= 0.3 is 12.0 Å². The number of aromatic nitrogens is 3. The molecule has 2 aromatic heterocycles. The number of carbonyl (C=O) groups is 13. The fourth-order valence-electron chi connectivity index (χ4n) is 11.1. The Hall–Kier alpha value is -10.7. The summed E-state index contributed by atoms with van der Waals surface area (Å²) in [5, 5.41) is 54.2. The van der Waals surface area contributed by atoms with Gasteiger partial charge in [-0.1, -0.05) is 74.1 Å². The molecule has 1 aliphatic heterocycles. The van der Waals surface area contributed by atoms with Crippen LogP contribution in [0.2, 0.25) is 0 Å². The molecule has 0 bridgehead atoms. The summed E-state index contributed by atoms with van der Waals surface area (Å²) in [6, 6.07) is 13.2. The van der Waals surface area contributed by atoms with E-state index >= 15 is 4.79 Å². The number of nitrogens with one attached hydrogen (secondary N) is 11. The highest BCUT2D eigenvalue weighted by Crippen LogP contribution is 2.34. The molecule has 1 aliphatic rings. The Morgan fingerprint density at radius 2 is 1.30 bits per heavy atom. The van der Waals surface area contributed by atoms with Crippen LogP contribution < -0.4 is 75.7 Å². The third-order valence-electron chi connectivity index (χ3n) is 16.4. The van der Waals surface area contributed by atoms with Crippen molar-refractivity contribution in [1.29, 1.82) is 0 Å². The van der Waals surface area contributed by atoms with Gasteiger partial charge in [0, 0.05) is 80.8 Å². The van der Waals surface area contributed by atoms with E-state index in [2.05, 4.69) is 63.5 Å². The fourth-order valence-corrected chi connectivity index (χ4v) is 12.0. The molecule has 0 saturated carbocycles. The maximum Gasteiger partial charge on any atom is 0.345 e. The lowest BCUT2D eigenvalue weighted by molar-refractivity contribution is -0.138. The third kappa shape index (κ3) is 25.4. The lowest BCUT2D eigenvalue weighted by Gasteiger charge is -2.28. The molecule has 34 heteroatoms. The van der Waals surface area contributed by atoms with E-state index in [-0.39, 0.29) is 88.6 Å². The van der Waals surface area contributed by atoms with E-state index in [0.717, 1.165) is 16.5 Å².